The van der Waals surface area contributed by atoms with Gasteiger partial charge in [0.1, 0.15) is 24.2 Å². The number of aromatic amines is 2. The molecule has 0 radical (unpaired) electrons. The molecule has 1 saturated heterocycles. The SMILES string of the molecule is C[C@@H]([C@H](NC(=O)[C@H](CC1CCCCC1)NC(=O)N[C@@H](Cc1c[nH]c2ccccc12)C(=O)OCC(C)(C)C)C(=O)NC[C@H]1C[C@@H](O)[C@H](n2ccc(=O)[nH]c2=O)O1)N(C)C(=O)CN. The first-order valence-electron chi connectivity index (χ1n) is 20.9. The van der Waals surface area contributed by atoms with Crippen LogP contribution in [0.1, 0.15) is 84.4 Å². The van der Waals surface area contributed by atoms with Crippen molar-refractivity contribution in [3.8, 4) is 0 Å². The van der Waals surface area contributed by atoms with Crippen LogP contribution >= 0.6 is 0 Å². The molecule has 1 aliphatic carbocycles. The van der Waals surface area contributed by atoms with Crippen molar-refractivity contribution in [2.24, 2.45) is 17.1 Å². The second kappa shape index (κ2) is 20.8. The summed E-state index contributed by atoms with van der Waals surface area (Å²) in [6, 6.07) is 3.37. The Labute approximate surface area is 353 Å². The molecule has 5 amide bonds. The summed E-state index contributed by atoms with van der Waals surface area (Å²) in [5.41, 5.74) is 5.56. The molecule has 1 aliphatic heterocycles. The summed E-state index contributed by atoms with van der Waals surface area (Å²) in [6.07, 6.45) is 4.96. The molecular weight excluding hydrogens is 791 g/mol. The van der Waals surface area contributed by atoms with Gasteiger partial charge in [-0.15, -0.1) is 0 Å². The van der Waals surface area contributed by atoms with Crippen LogP contribution in [0, 0.1) is 11.3 Å². The lowest BCUT2D eigenvalue weighted by Crippen LogP contribution is -2.62. The Morgan fingerprint density at radius 2 is 1.72 bits per heavy atom. The number of nitrogens with two attached hydrogens (primary N) is 1. The van der Waals surface area contributed by atoms with Gasteiger partial charge in [-0.1, -0.05) is 71.1 Å². The quantitative estimate of drug-likeness (QED) is 0.0885. The van der Waals surface area contributed by atoms with Gasteiger partial charge >= 0.3 is 17.7 Å². The van der Waals surface area contributed by atoms with Crippen molar-refractivity contribution in [1.29, 1.82) is 0 Å². The summed E-state index contributed by atoms with van der Waals surface area (Å²) in [5.74, 6) is -2.43. The highest BCUT2D eigenvalue weighted by Crippen LogP contribution is 2.29. The number of aliphatic hydroxyl groups excluding tert-OH is 1. The van der Waals surface area contributed by atoms with E-state index in [2.05, 4.69) is 31.2 Å². The number of urea groups is 1. The van der Waals surface area contributed by atoms with E-state index in [4.69, 9.17) is 15.2 Å². The van der Waals surface area contributed by atoms with Crippen LogP contribution in [-0.4, -0.2) is 117 Å². The first-order valence-corrected chi connectivity index (χ1v) is 20.9. The molecule has 19 nitrogen and oxygen atoms in total. The Hall–Kier alpha value is -5.53. The Bertz CT molecular complexity index is 2120. The molecule has 2 aliphatic rings. The van der Waals surface area contributed by atoms with E-state index in [1.807, 2.05) is 45.0 Å². The molecule has 7 atom stereocenters. The summed E-state index contributed by atoms with van der Waals surface area (Å²) >= 11 is 0. The van der Waals surface area contributed by atoms with E-state index in [9.17, 15) is 38.7 Å². The molecule has 1 saturated carbocycles. The largest absolute Gasteiger partial charge is 0.464 e. The van der Waals surface area contributed by atoms with E-state index in [0.29, 0.717) is 0 Å². The minimum atomic E-state index is -1.35. The van der Waals surface area contributed by atoms with Crippen molar-refractivity contribution in [3.63, 3.8) is 0 Å². The number of nitrogens with zero attached hydrogens (tertiary/aromatic N) is 2. The average Bonchev–Trinajstić information content (AvgIpc) is 3.81. The van der Waals surface area contributed by atoms with Crippen LogP contribution in [-0.2, 0) is 35.1 Å². The highest BCUT2D eigenvalue weighted by molar-refractivity contribution is 5.93. The Morgan fingerprint density at radius 1 is 1.02 bits per heavy atom. The predicted molar refractivity (Wildman–Crippen MR) is 225 cm³/mol. The van der Waals surface area contributed by atoms with Gasteiger partial charge in [0.05, 0.1) is 25.3 Å². The molecule has 334 valence electrons. The van der Waals surface area contributed by atoms with Crippen LogP contribution in [0.4, 0.5) is 4.79 Å². The molecule has 61 heavy (non-hydrogen) atoms. The molecule has 3 heterocycles. The van der Waals surface area contributed by atoms with Crippen LogP contribution in [0.5, 0.6) is 0 Å². The number of para-hydroxylation sites is 1. The number of likely N-dealkylation sites (N-methyl/N-ethyl adjacent to an activating group) is 1. The third-order valence-electron chi connectivity index (χ3n) is 11.3. The average molecular weight is 852 g/mol. The summed E-state index contributed by atoms with van der Waals surface area (Å²) < 4.78 is 12.6. The molecule has 2 aromatic heterocycles. The van der Waals surface area contributed by atoms with Gasteiger partial charge in [0.2, 0.25) is 17.7 Å². The zero-order valence-electron chi connectivity index (χ0n) is 35.5. The number of rotatable bonds is 17. The number of H-pyrrole nitrogens is 2. The fourth-order valence-electron chi connectivity index (χ4n) is 7.77. The lowest BCUT2D eigenvalue weighted by atomic mass is 9.84. The van der Waals surface area contributed by atoms with Crippen molar-refractivity contribution in [2.75, 3.05) is 26.7 Å². The summed E-state index contributed by atoms with van der Waals surface area (Å²) in [5, 5.41) is 22.6. The highest BCUT2D eigenvalue weighted by atomic mass is 16.5. The zero-order chi connectivity index (χ0) is 44.4. The van der Waals surface area contributed by atoms with Gasteiger partial charge in [-0.05, 0) is 36.3 Å². The molecule has 1 aromatic carbocycles. The number of amides is 5. The molecule has 9 N–H and O–H groups in total. The number of hydrogen-bond acceptors (Lipinski definition) is 11. The van der Waals surface area contributed by atoms with Crippen LogP contribution in [0.15, 0.2) is 52.3 Å². The van der Waals surface area contributed by atoms with Gasteiger partial charge in [0, 0.05) is 55.8 Å². The van der Waals surface area contributed by atoms with Crippen LogP contribution in [0.25, 0.3) is 10.9 Å². The maximum absolute atomic E-state index is 14.4. The van der Waals surface area contributed by atoms with Crippen molar-refractivity contribution in [2.45, 2.75) is 122 Å². The summed E-state index contributed by atoms with van der Waals surface area (Å²) in [6.45, 7) is 6.94. The molecule has 2 fully saturated rings. The number of fused-ring (bicyclic) bond motifs is 1. The predicted octanol–water partition coefficient (Wildman–Crippen LogP) is 0.912. The van der Waals surface area contributed by atoms with Crippen LogP contribution < -0.4 is 38.2 Å². The Morgan fingerprint density at radius 3 is 2.41 bits per heavy atom. The maximum Gasteiger partial charge on any atom is 0.330 e. The fourth-order valence-corrected chi connectivity index (χ4v) is 7.77. The molecule has 0 bridgehead atoms. The standard InChI is InChI=1S/C42H61N9O10/c1-24(50(5)34(54)20-43)35(37(56)45-22-27-19-32(52)38(61-27)51-16-15-33(53)48-41(51)59)49-36(55)30(17-25-11-7-6-8-12-25)46-40(58)47-31(39(57)60-23-42(2,3)4)18-26-21-44-29-14-10-9-13-28(26)29/h9-10,13-16,21,24-25,27,30-32,35,38,44,52H,6-8,11-12,17-20,22-23,43H2,1-5H3,(H,45,56)(H,49,55)(H2,46,47,58)(H,48,53,59)/t24-,27+,30-,31-,32+,35-,38+/m0/s1. The number of aromatic nitrogens is 3. The number of nitrogens with one attached hydrogen (secondary N) is 6. The van der Waals surface area contributed by atoms with Crippen molar-refractivity contribution in [3.05, 3.63) is 69.1 Å². The van der Waals surface area contributed by atoms with Gasteiger partial charge in [-0.25, -0.2) is 14.4 Å². The third kappa shape index (κ3) is 12.7. The number of carbonyl (C=O) groups excluding carboxylic acids is 5. The van der Waals surface area contributed by atoms with E-state index >= 15 is 0 Å². The van der Waals surface area contributed by atoms with Gasteiger partial charge in [0.15, 0.2) is 6.23 Å². The number of esters is 1. The number of carbonyl (C=O) groups is 5. The topological polar surface area (TPSA) is 272 Å². The number of benzene rings is 1. The highest BCUT2D eigenvalue weighted by Gasteiger charge is 2.39. The van der Waals surface area contributed by atoms with Crippen molar-refractivity contribution < 1.29 is 38.6 Å². The summed E-state index contributed by atoms with van der Waals surface area (Å²) in [7, 11) is 1.45. The molecular formula is C42H61N9O10. The molecule has 3 aromatic rings. The number of hydrogen-bond donors (Lipinski definition) is 8. The lowest BCUT2D eigenvalue weighted by Gasteiger charge is -2.33. The van der Waals surface area contributed by atoms with Gasteiger partial charge in [-0.3, -0.25) is 28.7 Å². The van der Waals surface area contributed by atoms with Crippen LogP contribution in [0.2, 0.25) is 0 Å². The first kappa shape index (κ1) is 46.5. The molecule has 0 spiro atoms. The monoisotopic (exact) mass is 851 g/mol. The summed E-state index contributed by atoms with van der Waals surface area (Å²) in [4.78, 5) is 99.0. The molecule has 0 unspecified atom stereocenters. The van der Waals surface area contributed by atoms with Gasteiger partial charge < -0.3 is 51.5 Å². The Kier molecular flexibility index (Phi) is 15.9. The first-order chi connectivity index (χ1) is 28.9. The second-order valence-electron chi connectivity index (χ2n) is 17.3. The van der Waals surface area contributed by atoms with E-state index in [1.165, 1.54) is 18.1 Å². The molecule has 19 heteroatoms. The van der Waals surface area contributed by atoms with Crippen molar-refractivity contribution in [1.82, 2.24) is 40.7 Å². The minimum absolute atomic E-state index is 0.0300. The van der Waals surface area contributed by atoms with Gasteiger partial charge in [-0.2, -0.15) is 0 Å². The second-order valence-corrected chi connectivity index (χ2v) is 17.3. The zero-order valence-corrected chi connectivity index (χ0v) is 35.5. The van der Waals surface area contributed by atoms with E-state index in [1.54, 1.807) is 13.1 Å². The molecule has 5 rings (SSSR count). The van der Waals surface area contributed by atoms with Gasteiger partial charge in [0.25, 0.3) is 5.56 Å². The number of aliphatic hydroxyl groups is 1. The third-order valence-corrected chi connectivity index (χ3v) is 11.3. The van der Waals surface area contributed by atoms with Crippen molar-refractivity contribution >= 4 is 40.6 Å². The fraction of sp³-hybridized carbons (Fsp3) is 0.595. The van der Waals surface area contributed by atoms with E-state index in [-0.39, 0.29) is 50.3 Å². The normalized spacial score (nSPS) is 20.2. The van der Waals surface area contributed by atoms with E-state index < -0.39 is 83.6 Å². The minimum Gasteiger partial charge on any atom is -0.464 e. The Balaban J connectivity index is 1.33. The number of ether oxygens (including phenoxy) is 2. The van der Waals surface area contributed by atoms with Crippen LogP contribution in [0.3, 0.4) is 0 Å². The lowest BCUT2D eigenvalue weighted by molar-refractivity contribution is -0.148. The van der Waals surface area contributed by atoms with E-state index in [0.717, 1.165) is 59.2 Å². The maximum atomic E-state index is 14.4. The smallest absolute Gasteiger partial charge is 0.330 e.